The number of amides is 1. The zero-order chi connectivity index (χ0) is 27.2. The molecule has 1 radical (unpaired) electrons. The van der Waals surface area contributed by atoms with E-state index >= 15 is 0 Å². The number of likely N-dealkylation sites (N-methyl/N-ethyl adjacent to an activating group) is 1. The number of phenolic OH excluding ortho intramolecular Hbond substituents is 1. The summed E-state index contributed by atoms with van der Waals surface area (Å²) in [6, 6.07) is 2.11. The molecule has 0 unspecified atom stereocenters. The fourth-order valence-corrected chi connectivity index (χ4v) is 6.92. The van der Waals surface area contributed by atoms with Gasteiger partial charge in [-0.05, 0) is 37.9 Å². The Hall–Kier alpha value is -3.21. The number of carbonyl (C=O) groups is 3. The molecule has 0 spiro atoms. The minimum Gasteiger partial charge on any atom is -0.508 e. The molecule has 0 bridgehead atoms. The molecule has 197 valence electrons. The monoisotopic (exact) mass is 511 g/mol. The van der Waals surface area contributed by atoms with Gasteiger partial charge in [0.05, 0.1) is 23.6 Å². The molecular formula is C27H31N2O8. The van der Waals surface area contributed by atoms with Crippen LogP contribution in [0.25, 0.3) is 5.76 Å². The molecule has 10 heteroatoms. The van der Waals surface area contributed by atoms with Crippen molar-refractivity contribution in [3.05, 3.63) is 52.1 Å². The van der Waals surface area contributed by atoms with E-state index in [9.17, 15) is 39.9 Å². The molecule has 0 aliphatic heterocycles. The Morgan fingerprint density at radius 3 is 2.30 bits per heavy atom. The molecule has 1 aromatic rings. The lowest BCUT2D eigenvalue weighted by atomic mass is 9.56. The van der Waals surface area contributed by atoms with Gasteiger partial charge >= 0.3 is 0 Å². The highest BCUT2D eigenvalue weighted by molar-refractivity contribution is 6.24. The molecular weight excluding hydrogens is 480 g/mol. The molecule has 0 saturated heterocycles. The second-order valence-corrected chi connectivity index (χ2v) is 11.1. The fraction of sp³-hybridized carbons (Fsp3) is 0.481. The molecule has 10 nitrogen and oxygen atoms in total. The summed E-state index contributed by atoms with van der Waals surface area (Å²) < 4.78 is 0. The number of aromatic hydroxyl groups is 1. The van der Waals surface area contributed by atoms with E-state index in [0.29, 0.717) is 11.1 Å². The number of carbonyl (C=O) groups excluding carboxylic acids is 3. The van der Waals surface area contributed by atoms with Crippen LogP contribution in [0.5, 0.6) is 5.75 Å². The average Bonchev–Trinajstić information content (AvgIpc) is 3.26. The lowest BCUT2D eigenvalue weighted by Gasteiger charge is -2.52. The second kappa shape index (κ2) is 8.14. The highest BCUT2D eigenvalue weighted by Crippen LogP contribution is 2.55. The lowest BCUT2D eigenvalue weighted by Crippen LogP contribution is -2.70. The molecule has 2 saturated carbocycles. The molecule has 2 fully saturated rings. The zero-order valence-electron chi connectivity index (χ0n) is 20.9. The number of hydrogen-bond donors (Lipinski definition) is 6. The van der Waals surface area contributed by atoms with Crippen LogP contribution < -0.4 is 5.73 Å². The smallest absolute Gasteiger partial charge is 0.255 e. The summed E-state index contributed by atoms with van der Waals surface area (Å²) in [6.07, 6.45) is 3.55. The van der Waals surface area contributed by atoms with Gasteiger partial charge in [0.15, 0.2) is 11.4 Å². The minimum atomic E-state index is -2.91. The standard InChI is InChI=1S/C27H31N2O8/c1-26(8-4-5-9-26)13-7-6-11-10-12-15(21(32)14(11)20(13)31)23(34)27(37)17(19(12)30)18(29(2)3)22(33)16(24(27)35)25(28)36/h6-7,10,12,17-19,30-32,35,37H,4-5,8-9H2,1-3H3,(H2,28,36)/t12-,17-,18+,19+,27+/m0/s1. The summed E-state index contributed by atoms with van der Waals surface area (Å²) in [5, 5.41) is 56.7. The van der Waals surface area contributed by atoms with E-state index in [4.69, 9.17) is 5.73 Å². The van der Waals surface area contributed by atoms with Gasteiger partial charge in [-0.2, -0.15) is 0 Å². The van der Waals surface area contributed by atoms with Crippen molar-refractivity contribution in [3.63, 3.8) is 0 Å². The molecule has 0 heterocycles. The van der Waals surface area contributed by atoms with E-state index in [0.717, 1.165) is 25.7 Å². The number of rotatable bonds is 3. The Morgan fingerprint density at radius 2 is 1.73 bits per heavy atom. The largest absolute Gasteiger partial charge is 0.508 e. The molecule has 4 aliphatic rings. The Morgan fingerprint density at radius 1 is 1.11 bits per heavy atom. The number of aliphatic hydroxyl groups excluding tert-OH is 3. The first kappa shape index (κ1) is 25.4. The molecule has 1 amide bonds. The lowest BCUT2D eigenvalue weighted by molar-refractivity contribution is -0.167. The SMILES string of the molecule is CN(C)[C@H]1C(=O)C(C(N)=O)=C(O)[C@]2(O)C(=O)C3=C(O)c4c(ccc(C5(C)CCCC5)c4O)[CH][C@@H]3[C@@H](O)[C@H]12. The molecule has 37 heavy (non-hydrogen) atoms. The van der Waals surface area contributed by atoms with Crippen molar-refractivity contribution in [2.24, 2.45) is 17.6 Å². The topological polar surface area (TPSA) is 182 Å². The number of phenols is 1. The van der Waals surface area contributed by atoms with Gasteiger partial charge in [-0.25, -0.2) is 0 Å². The number of aliphatic hydroxyl groups is 4. The Kier molecular flexibility index (Phi) is 5.60. The number of nitrogens with zero attached hydrogens (tertiary/aromatic N) is 1. The van der Waals surface area contributed by atoms with Gasteiger partial charge in [-0.15, -0.1) is 0 Å². The van der Waals surface area contributed by atoms with E-state index in [1.807, 2.05) is 6.92 Å². The number of primary amides is 1. The Labute approximate surface area is 213 Å². The molecule has 7 N–H and O–H groups in total. The normalized spacial score (nSPS) is 32.9. The summed E-state index contributed by atoms with van der Waals surface area (Å²) in [5.41, 5.74) is 1.73. The molecule has 4 aliphatic carbocycles. The number of hydrogen-bond acceptors (Lipinski definition) is 9. The summed E-state index contributed by atoms with van der Waals surface area (Å²) >= 11 is 0. The maximum Gasteiger partial charge on any atom is 0.255 e. The van der Waals surface area contributed by atoms with Crippen LogP contribution in [0.3, 0.4) is 0 Å². The summed E-state index contributed by atoms with van der Waals surface area (Å²) in [6.45, 7) is 2.03. The Bertz CT molecular complexity index is 1310. The van der Waals surface area contributed by atoms with Crippen LogP contribution in [-0.2, 0) is 19.8 Å². The van der Waals surface area contributed by atoms with E-state index in [2.05, 4.69) is 0 Å². The van der Waals surface area contributed by atoms with Crippen LogP contribution in [0.1, 0.15) is 49.3 Å². The fourth-order valence-electron chi connectivity index (χ4n) is 6.92. The highest BCUT2D eigenvalue weighted by atomic mass is 16.4. The maximum absolute atomic E-state index is 13.9. The molecule has 1 aromatic carbocycles. The molecule has 0 aromatic heterocycles. The van der Waals surface area contributed by atoms with Gasteiger partial charge in [0.2, 0.25) is 5.78 Å². The zero-order valence-corrected chi connectivity index (χ0v) is 20.9. The van der Waals surface area contributed by atoms with E-state index in [-0.39, 0.29) is 16.7 Å². The summed E-state index contributed by atoms with van der Waals surface area (Å²) in [5.74, 6) is -8.26. The van der Waals surface area contributed by atoms with Gasteiger partial charge in [-0.3, -0.25) is 19.3 Å². The third-order valence-corrected chi connectivity index (χ3v) is 8.82. The van der Waals surface area contributed by atoms with Gasteiger partial charge in [0, 0.05) is 23.5 Å². The van der Waals surface area contributed by atoms with Gasteiger partial charge in [0.25, 0.3) is 5.91 Å². The summed E-state index contributed by atoms with van der Waals surface area (Å²) in [7, 11) is 2.93. The van der Waals surface area contributed by atoms with E-state index in [1.54, 1.807) is 12.1 Å². The van der Waals surface area contributed by atoms with Gasteiger partial charge in [-0.1, -0.05) is 31.9 Å². The second-order valence-electron chi connectivity index (χ2n) is 11.1. The maximum atomic E-state index is 13.9. The summed E-state index contributed by atoms with van der Waals surface area (Å²) in [4.78, 5) is 40.4. The third kappa shape index (κ3) is 3.19. The first-order valence-electron chi connectivity index (χ1n) is 12.3. The van der Waals surface area contributed by atoms with Crippen LogP contribution in [0.4, 0.5) is 0 Å². The van der Waals surface area contributed by atoms with Gasteiger partial charge < -0.3 is 31.3 Å². The van der Waals surface area contributed by atoms with Crippen molar-refractivity contribution in [2.45, 2.75) is 55.8 Å². The number of Topliss-reactive ketones (excluding diaryl/α,β-unsaturated/α-hetero) is 2. The highest BCUT2D eigenvalue weighted by Gasteiger charge is 2.67. The number of benzene rings is 1. The predicted molar refractivity (Wildman–Crippen MR) is 131 cm³/mol. The molecule has 5 atom stereocenters. The van der Waals surface area contributed by atoms with E-state index < -0.39 is 69.7 Å². The van der Waals surface area contributed by atoms with Gasteiger partial charge in [0.1, 0.15) is 22.8 Å². The van der Waals surface area contributed by atoms with Crippen molar-refractivity contribution < 1.29 is 39.9 Å². The Balaban J connectivity index is 1.74. The quantitative estimate of drug-likeness (QED) is 0.319. The van der Waals surface area contributed by atoms with Crippen LogP contribution in [0.15, 0.2) is 29.0 Å². The van der Waals surface area contributed by atoms with Crippen molar-refractivity contribution >= 4 is 23.2 Å². The van der Waals surface area contributed by atoms with Crippen molar-refractivity contribution in [1.29, 1.82) is 0 Å². The van der Waals surface area contributed by atoms with Crippen LogP contribution >= 0.6 is 0 Å². The van der Waals surface area contributed by atoms with E-state index in [1.165, 1.54) is 25.4 Å². The number of fused-ring (bicyclic) bond motifs is 3. The molecule has 5 rings (SSSR count). The number of nitrogens with two attached hydrogens (primary N) is 1. The van der Waals surface area contributed by atoms with Crippen molar-refractivity contribution in [1.82, 2.24) is 4.90 Å². The van der Waals surface area contributed by atoms with Crippen molar-refractivity contribution in [3.8, 4) is 5.75 Å². The average molecular weight is 512 g/mol. The first-order chi connectivity index (χ1) is 17.3. The first-order valence-corrected chi connectivity index (χ1v) is 12.3. The van der Waals surface area contributed by atoms with Crippen LogP contribution in [0.2, 0.25) is 0 Å². The minimum absolute atomic E-state index is 0.00545. The predicted octanol–water partition coefficient (Wildman–Crippen LogP) is 0.776. The third-order valence-electron chi connectivity index (χ3n) is 8.82. The van der Waals surface area contributed by atoms with Crippen LogP contribution in [-0.4, -0.2) is 79.7 Å². The van der Waals surface area contributed by atoms with Crippen LogP contribution in [0, 0.1) is 18.3 Å². The van der Waals surface area contributed by atoms with Crippen molar-refractivity contribution in [2.75, 3.05) is 14.1 Å². The number of ketones is 2.